The Labute approximate surface area is 74.9 Å². The first-order chi connectivity index (χ1) is 6.25. The molecule has 64 valence electrons. The summed E-state index contributed by atoms with van der Waals surface area (Å²) in [6.07, 6.45) is 4.97. The third-order valence-electron chi connectivity index (χ3n) is 1.59. The average Bonchev–Trinajstić information content (AvgIpc) is 2.52. The molecule has 1 aromatic heterocycles. The molecule has 5 heteroatoms. The number of hydrogen-bond donors (Lipinski definition) is 1. The maximum Gasteiger partial charge on any atom is 0.253 e. The van der Waals surface area contributed by atoms with Crippen LogP contribution in [0.4, 0.5) is 5.69 Å². The Morgan fingerprint density at radius 2 is 2.23 bits per heavy atom. The van der Waals surface area contributed by atoms with E-state index in [1.807, 2.05) is 0 Å². The molecule has 1 aliphatic heterocycles. The zero-order valence-corrected chi connectivity index (χ0v) is 6.88. The second-order valence-electron chi connectivity index (χ2n) is 2.65. The fraction of sp³-hybridized carbons (Fsp3) is 0. The summed E-state index contributed by atoms with van der Waals surface area (Å²) in [7, 11) is 0. The van der Waals surface area contributed by atoms with Gasteiger partial charge in [0.15, 0.2) is 6.20 Å². The third kappa shape index (κ3) is 1.44. The molecule has 0 atom stereocenters. The molecule has 0 aliphatic carbocycles. The van der Waals surface area contributed by atoms with Crippen molar-refractivity contribution < 1.29 is 4.68 Å². The van der Waals surface area contributed by atoms with E-state index in [1.165, 1.54) is 4.68 Å². The largest absolute Gasteiger partial charge is 0.397 e. The standard InChI is InChI=1S/C8H8N5/c1-13-5-8(11-12-13)6-2-7(9)4-10-3-6/h2-5H,1,9H2/q+1. The lowest BCUT2D eigenvalue weighted by molar-refractivity contribution is -0.454. The van der Waals surface area contributed by atoms with Crippen LogP contribution in [0.15, 0.2) is 35.0 Å². The van der Waals surface area contributed by atoms with Crippen LogP contribution < -0.4 is 5.73 Å². The highest BCUT2D eigenvalue weighted by molar-refractivity contribution is 5.65. The van der Waals surface area contributed by atoms with Crippen LogP contribution in [0, 0.1) is 0 Å². The van der Waals surface area contributed by atoms with E-state index < -0.39 is 0 Å². The van der Waals surface area contributed by atoms with Gasteiger partial charge in [0.2, 0.25) is 0 Å². The highest BCUT2D eigenvalue weighted by Crippen LogP contribution is 2.20. The lowest BCUT2D eigenvalue weighted by Crippen LogP contribution is -1.89. The van der Waals surface area contributed by atoms with Crippen molar-refractivity contribution in [1.29, 1.82) is 0 Å². The quantitative estimate of drug-likeness (QED) is 0.647. The highest BCUT2D eigenvalue weighted by atomic mass is 15.5. The average molecular weight is 174 g/mol. The Morgan fingerprint density at radius 3 is 2.85 bits per heavy atom. The summed E-state index contributed by atoms with van der Waals surface area (Å²) in [5, 5.41) is 7.59. The van der Waals surface area contributed by atoms with E-state index in [1.54, 1.807) is 24.7 Å². The number of nitrogens with zero attached hydrogens (tertiary/aromatic N) is 4. The summed E-state index contributed by atoms with van der Waals surface area (Å²) in [5.41, 5.74) is 7.74. The van der Waals surface area contributed by atoms with E-state index in [4.69, 9.17) is 5.73 Å². The molecule has 5 nitrogen and oxygen atoms in total. The summed E-state index contributed by atoms with van der Waals surface area (Å²) in [6, 6.07) is 1.79. The maximum absolute atomic E-state index is 5.57. The Morgan fingerprint density at radius 1 is 1.38 bits per heavy atom. The molecule has 0 radical (unpaired) electrons. The van der Waals surface area contributed by atoms with Gasteiger partial charge in [0.05, 0.1) is 23.1 Å². The van der Waals surface area contributed by atoms with Gasteiger partial charge in [-0.2, -0.15) is 0 Å². The van der Waals surface area contributed by atoms with E-state index >= 15 is 0 Å². The molecule has 0 saturated carbocycles. The molecule has 1 aromatic rings. The number of aromatic nitrogens is 1. The summed E-state index contributed by atoms with van der Waals surface area (Å²) >= 11 is 0. The van der Waals surface area contributed by atoms with Gasteiger partial charge < -0.3 is 5.73 Å². The number of anilines is 1. The zero-order valence-electron chi connectivity index (χ0n) is 6.88. The summed E-state index contributed by atoms with van der Waals surface area (Å²) in [6.45, 7) is 3.58. The lowest BCUT2D eigenvalue weighted by Gasteiger charge is -1.92. The molecule has 13 heavy (non-hydrogen) atoms. The van der Waals surface area contributed by atoms with Crippen LogP contribution in [0.2, 0.25) is 0 Å². The summed E-state index contributed by atoms with van der Waals surface area (Å²) in [5.74, 6) is 0. The molecule has 2 heterocycles. The van der Waals surface area contributed by atoms with E-state index in [-0.39, 0.29) is 0 Å². The van der Waals surface area contributed by atoms with Crippen molar-refractivity contribution >= 4 is 18.1 Å². The van der Waals surface area contributed by atoms with Crippen molar-refractivity contribution in [2.75, 3.05) is 5.73 Å². The van der Waals surface area contributed by atoms with Crippen molar-refractivity contribution in [3.05, 3.63) is 30.2 Å². The highest BCUT2D eigenvalue weighted by Gasteiger charge is 2.16. The summed E-state index contributed by atoms with van der Waals surface area (Å²) in [4.78, 5) is 3.95. The van der Waals surface area contributed by atoms with E-state index in [9.17, 15) is 0 Å². The molecule has 1 aliphatic rings. The molecule has 2 N–H and O–H groups in total. The third-order valence-corrected chi connectivity index (χ3v) is 1.59. The number of nitrogen functional groups attached to an aromatic ring is 1. The molecular weight excluding hydrogens is 166 g/mol. The topological polar surface area (TPSA) is 66.6 Å². The molecule has 0 unspecified atom stereocenters. The van der Waals surface area contributed by atoms with Crippen molar-refractivity contribution in [3.8, 4) is 0 Å². The van der Waals surface area contributed by atoms with Gasteiger partial charge in [-0.05, 0) is 6.07 Å². The van der Waals surface area contributed by atoms with Crippen LogP contribution in [0.3, 0.4) is 0 Å². The van der Waals surface area contributed by atoms with Gasteiger partial charge in [-0.25, -0.2) is 0 Å². The van der Waals surface area contributed by atoms with E-state index in [2.05, 4.69) is 22.0 Å². The predicted molar refractivity (Wildman–Crippen MR) is 48.9 cm³/mol. The van der Waals surface area contributed by atoms with Crippen molar-refractivity contribution in [2.45, 2.75) is 0 Å². The Kier molecular flexibility index (Phi) is 1.63. The zero-order chi connectivity index (χ0) is 9.26. The molecule has 0 amide bonds. The van der Waals surface area contributed by atoms with E-state index in [0.717, 1.165) is 11.3 Å². The van der Waals surface area contributed by atoms with Gasteiger partial charge in [0.1, 0.15) is 5.22 Å². The molecular formula is C8H8N5+. The van der Waals surface area contributed by atoms with E-state index in [0.29, 0.717) is 5.69 Å². The fourth-order valence-corrected chi connectivity index (χ4v) is 1.03. The monoisotopic (exact) mass is 174 g/mol. The number of rotatable bonds is 1. The first kappa shape index (κ1) is 7.60. The van der Waals surface area contributed by atoms with Crippen LogP contribution in [0.5, 0.6) is 0 Å². The second-order valence-corrected chi connectivity index (χ2v) is 2.65. The Balaban J connectivity index is 2.42. The minimum atomic E-state index is 0.608. The smallest absolute Gasteiger partial charge is 0.253 e. The van der Waals surface area contributed by atoms with Crippen LogP contribution in [0.1, 0.15) is 5.56 Å². The number of nitrogens with two attached hydrogens (primary N) is 1. The van der Waals surface area contributed by atoms with Crippen LogP contribution >= 0.6 is 0 Å². The molecule has 0 bridgehead atoms. The normalized spacial score (nSPS) is 14.8. The molecule has 2 rings (SSSR count). The van der Waals surface area contributed by atoms with Gasteiger partial charge in [-0.3, -0.25) is 4.98 Å². The lowest BCUT2D eigenvalue weighted by atomic mass is 10.2. The first-order valence-electron chi connectivity index (χ1n) is 3.70. The van der Waals surface area contributed by atoms with Gasteiger partial charge in [-0.1, -0.05) is 0 Å². The van der Waals surface area contributed by atoms with Crippen molar-refractivity contribution in [1.82, 2.24) is 4.98 Å². The predicted octanol–water partition coefficient (Wildman–Crippen LogP) is 1.06. The minimum Gasteiger partial charge on any atom is -0.397 e. The molecule has 0 fully saturated rings. The molecule has 0 saturated heterocycles. The van der Waals surface area contributed by atoms with Gasteiger partial charge in [0, 0.05) is 12.4 Å². The van der Waals surface area contributed by atoms with Crippen molar-refractivity contribution in [2.24, 2.45) is 10.3 Å². The van der Waals surface area contributed by atoms with Gasteiger partial charge >= 0.3 is 0 Å². The van der Waals surface area contributed by atoms with Crippen molar-refractivity contribution in [3.63, 3.8) is 0 Å². The number of pyridine rings is 1. The van der Waals surface area contributed by atoms with Gasteiger partial charge in [-0.15, -0.1) is 4.68 Å². The fourth-order valence-electron chi connectivity index (χ4n) is 1.03. The second kappa shape index (κ2) is 2.78. The number of hydrogen-bond acceptors (Lipinski definition) is 4. The van der Waals surface area contributed by atoms with Crippen LogP contribution in [0.25, 0.3) is 5.70 Å². The molecule has 0 aromatic carbocycles. The first-order valence-corrected chi connectivity index (χ1v) is 3.70. The Hall–Kier alpha value is -2.04. The summed E-state index contributed by atoms with van der Waals surface area (Å²) < 4.78 is 1.39. The maximum atomic E-state index is 5.57. The molecule has 0 spiro atoms. The van der Waals surface area contributed by atoms with Crippen LogP contribution in [-0.2, 0) is 0 Å². The van der Waals surface area contributed by atoms with Gasteiger partial charge in [0.25, 0.3) is 5.70 Å². The minimum absolute atomic E-state index is 0.608. The Bertz CT molecular complexity index is 418. The van der Waals surface area contributed by atoms with Crippen LogP contribution in [-0.4, -0.2) is 16.4 Å². The SMILES string of the molecule is C=[N+]1C=C(c2cncc(N)c2)N=N1.